The third-order valence-corrected chi connectivity index (χ3v) is 5.96. The highest BCUT2D eigenvalue weighted by atomic mass is 16.5. The second-order valence-electron chi connectivity index (χ2n) is 8.86. The second-order valence-corrected chi connectivity index (χ2v) is 8.86. The van der Waals surface area contributed by atoms with Crippen molar-refractivity contribution in [1.82, 2.24) is 16.0 Å². The van der Waals surface area contributed by atoms with Crippen LogP contribution in [0.2, 0.25) is 0 Å². The van der Waals surface area contributed by atoms with Crippen molar-refractivity contribution >= 4 is 23.9 Å². The van der Waals surface area contributed by atoms with Gasteiger partial charge in [-0.15, -0.1) is 0 Å². The first kappa shape index (κ1) is 27.6. The van der Waals surface area contributed by atoms with Crippen LogP contribution in [-0.2, 0) is 23.9 Å². The molecule has 0 aromatic heterocycles. The summed E-state index contributed by atoms with van der Waals surface area (Å²) in [5.41, 5.74) is 4.29. The van der Waals surface area contributed by atoms with E-state index in [2.05, 4.69) is 16.0 Å². The number of carbonyl (C=O) groups excluding carboxylic acids is 3. The fourth-order valence-electron chi connectivity index (χ4n) is 4.14. The molecule has 0 unspecified atom stereocenters. The third kappa shape index (κ3) is 7.05. The Balaban J connectivity index is 1.57. The molecule has 0 bridgehead atoms. The number of aliphatic hydroxyl groups excluding tert-OH is 1. The molecule has 3 amide bonds. The SMILES string of the molecule is CC(C)[C@@H](NC(=O)OCC1c2ccccc2-c2ccccc21)C(=O)N[C@@H](CO)C(=O)NCOCC(=O)O. The smallest absolute Gasteiger partial charge is 0.407 e. The van der Waals surface area contributed by atoms with E-state index in [1.165, 1.54) is 0 Å². The summed E-state index contributed by atoms with van der Waals surface area (Å²) in [6, 6.07) is 13.5. The first-order valence-electron chi connectivity index (χ1n) is 11.8. The topological polar surface area (TPSA) is 163 Å². The van der Waals surface area contributed by atoms with Crippen LogP contribution in [0, 0.1) is 5.92 Å². The maximum Gasteiger partial charge on any atom is 0.407 e. The van der Waals surface area contributed by atoms with Gasteiger partial charge in [0.1, 0.15) is 32.0 Å². The normalized spacial score (nSPS) is 13.7. The van der Waals surface area contributed by atoms with E-state index in [0.29, 0.717) is 0 Å². The molecule has 0 heterocycles. The number of carbonyl (C=O) groups is 4. The predicted octanol–water partition coefficient (Wildman–Crippen LogP) is 1.20. The highest BCUT2D eigenvalue weighted by Gasteiger charge is 2.31. The van der Waals surface area contributed by atoms with E-state index >= 15 is 0 Å². The summed E-state index contributed by atoms with van der Waals surface area (Å²) in [5, 5.41) is 25.3. The molecule has 11 nitrogen and oxygen atoms in total. The van der Waals surface area contributed by atoms with Crippen LogP contribution in [0.5, 0.6) is 0 Å². The van der Waals surface area contributed by atoms with Crippen LogP contribution in [0.3, 0.4) is 0 Å². The zero-order valence-electron chi connectivity index (χ0n) is 20.6. The number of aliphatic carboxylic acids is 1. The number of ether oxygens (including phenoxy) is 2. The number of rotatable bonds is 12. The minimum atomic E-state index is -1.33. The van der Waals surface area contributed by atoms with Gasteiger partial charge in [-0.2, -0.15) is 0 Å². The number of alkyl carbamates (subject to hydrolysis) is 1. The van der Waals surface area contributed by atoms with Crippen molar-refractivity contribution in [3.63, 3.8) is 0 Å². The molecule has 2 aromatic carbocycles. The van der Waals surface area contributed by atoms with E-state index in [9.17, 15) is 24.3 Å². The summed E-state index contributed by atoms with van der Waals surface area (Å²) in [6.45, 7) is 1.75. The molecule has 2 aromatic rings. The third-order valence-electron chi connectivity index (χ3n) is 5.96. The molecule has 5 N–H and O–H groups in total. The van der Waals surface area contributed by atoms with Gasteiger partial charge in [-0.3, -0.25) is 9.59 Å². The number of benzene rings is 2. The summed E-state index contributed by atoms with van der Waals surface area (Å²) in [5.74, 6) is -3.17. The minimum absolute atomic E-state index is 0.0737. The Hall–Kier alpha value is -3.96. The van der Waals surface area contributed by atoms with Gasteiger partial charge < -0.3 is 35.6 Å². The first-order valence-corrected chi connectivity index (χ1v) is 11.8. The quantitative estimate of drug-likeness (QED) is 0.209. The lowest BCUT2D eigenvalue weighted by atomic mass is 9.98. The van der Waals surface area contributed by atoms with Crippen molar-refractivity contribution < 1.29 is 38.9 Å². The van der Waals surface area contributed by atoms with Crippen LogP contribution >= 0.6 is 0 Å². The average Bonchev–Trinajstić information content (AvgIpc) is 3.20. The Bertz CT molecular complexity index is 1090. The predicted molar refractivity (Wildman–Crippen MR) is 132 cm³/mol. The van der Waals surface area contributed by atoms with E-state index in [1.54, 1.807) is 13.8 Å². The fourth-order valence-corrected chi connectivity index (χ4v) is 4.14. The van der Waals surface area contributed by atoms with Crippen molar-refractivity contribution in [2.75, 3.05) is 26.6 Å². The van der Waals surface area contributed by atoms with Crippen LogP contribution in [0.15, 0.2) is 48.5 Å². The largest absolute Gasteiger partial charge is 0.480 e. The number of amides is 3. The molecule has 0 fully saturated rings. The lowest BCUT2D eigenvalue weighted by molar-refractivity contribution is -0.143. The summed E-state index contributed by atoms with van der Waals surface area (Å²) >= 11 is 0. The molecule has 37 heavy (non-hydrogen) atoms. The molecule has 11 heteroatoms. The maximum atomic E-state index is 12.8. The van der Waals surface area contributed by atoms with E-state index in [0.717, 1.165) is 22.3 Å². The van der Waals surface area contributed by atoms with Crippen molar-refractivity contribution in [2.24, 2.45) is 5.92 Å². The molecule has 2 atom stereocenters. The Morgan fingerprint density at radius 3 is 2.05 bits per heavy atom. The number of fused-ring (bicyclic) bond motifs is 3. The van der Waals surface area contributed by atoms with Gasteiger partial charge in [0, 0.05) is 5.92 Å². The summed E-state index contributed by atoms with van der Waals surface area (Å²) < 4.78 is 10.2. The van der Waals surface area contributed by atoms with Crippen molar-refractivity contribution in [2.45, 2.75) is 31.8 Å². The lowest BCUT2D eigenvalue weighted by Gasteiger charge is -2.24. The lowest BCUT2D eigenvalue weighted by Crippen LogP contribution is -2.56. The van der Waals surface area contributed by atoms with E-state index < -0.39 is 55.9 Å². The maximum absolute atomic E-state index is 12.8. The molecular weight excluding hydrogens is 482 g/mol. The first-order chi connectivity index (χ1) is 17.7. The number of hydrogen-bond acceptors (Lipinski definition) is 7. The molecule has 0 saturated carbocycles. The molecule has 198 valence electrons. The zero-order valence-corrected chi connectivity index (χ0v) is 20.6. The minimum Gasteiger partial charge on any atom is -0.480 e. The molecule has 0 radical (unpaired) electrons. The van der Waals surface area contributed by atoms with E-state index in [1.807, 2.05) is 48.5 Å². The van der Waals surface area contributed by atoms with Crippen LogP contribution < -0.4 is 16.0 Å². The average molecular weight is 514 g/mol. The van der Waals surface area contributed by atoms with Crippen molar-refractivity contribution in [3.8, 4) is 11.1 Å². The molecule has 1 aliphatic carbocycles. The van der Waals surface area contributed by atoms with Crippen LogP contribution in [-0.4, -0.2) is 72.7 Å². The zero-order chi connectivity index (χ0) is 26.9. The number of nitrogens with one attached hydrogen (secondary N) is 3. The van der Waals surface area contributed by atoms with Gasteiger partial charge in [0.15, 0.2) is 0 Å². The summed E-state index contributed by atoms with van der Waals surface area (Å²) in [6.07, 6.45) is -0.789. The molecule has 3 rings (SSSR count). The highest BCUT2D eigenvalue weighted by molar-refractivity contribution is 5.91. The van der Waals surface area contributed by atoms with Gasteiger partial charge >= 0.3 is 12.1 Å². The van der Waals surface area contributed by atoms with Gasteiger partial charge in [-0.1, -0.05) is 62.4 Å². The molecule has 0 spiro atoms. The Morgan fingerprint density at radius 1 is 0.919 bits per heavy atom. The summed E-state index contributed by atoms with van der Waals surface area (Å²) in [4.78, 5) is 48.1. The van der Waals surface area contributed by atoms with E-state index in [4.69, 9.17) is 14.6 Å². The molecule has 1 aliphatic rings. The van der Waals surface area contributed by atoms with E-state index in [-0.39, 0.29) is 18.4 Å². The van der Waals surface area contributed by atoms with Crippen LogP contribution in [0.1, 0.15) is 30.9 Å². The monoisotopic (exact) mass is 513 g/mol. The molecule has 0 aliphatic heterocycles. The number of hydrogen-bond donors (Lipinski definition) is 5. The molecule has 0 saturated heterocycles. The van der Waals surface area contributed by atoms with Gasteiger partial charge in [-0.25, -0.2) is 9.59 Å². The van der Waals surface area contributed by atoms with Crippen molar-refractivity contribution in [1.29, 1.82) is 0 Å². The number of aliphatic hydroxyl groups is 1. The van der Waals surface area contributed by atoms with Gasteiger partial charge in [-0.05, 0) is 28.2 Å². The number of carboxylic acids is 1. The van der Waals surface area contributed by atoms with Crippen molar-refractivity contribution in [3.05, 3.63) is 59.7 Å². The standard InChI is InChI=1S/C26H31N3O8/c1-15(2)23(25(34)28-21(11-30)24(33)27-14-36-13-22(31)32)29-26(35)37-12-20-18-9-5-3-7-16(18)17-8-4-6-10-19(17)20/h3-10,15,20-21,23,30H,11-14H2,1-2H3,(H,27,33)(H,28,34)(H,29,35)(H,31,32)/t21-,23+/m0/s1. The Labute approximate surface area is 214 Å². The second kappa shape index (κ2) is 12.8. The van der Waals surface area contributed by atoms with Gasteiger partial charge in [0.25, 0.3) is 0 Å². The van der Waals surface area contributed by atoms with Gasteiger partial charge in [0.05, 0.1) is 6.61 Å². The highest BCUT2D eigenvalue weighted by Crippen LogP contribution is 2.44. The fraction of sp³-hybridized carbons (Fsp3) is 0.385. The van der Waals surface area contributed by atoms with Gasteiger partial charge in [0.2, 0.25) is 11.8 Å². The molecular formula is C26H31N3O8. The van der Waals surface area contributed by atoms with Crippen LogP contribution in [0.4, 0.5) is 4.79 Å². The Kier molecular flexibility index (Phi) is 9.58. The van der Waals surface area contributed by atoms with Crippen LogP contribution in [0.25, 0.3) is 11.1 Å². The number of carboxylic acid groups (broad SMARTS) is 1. The Morgan fingerprint density at radius 2 is 1.51 bits per heavy atom. The summed E-state index contributed by atoms with van der Waals surface area (Å²) in [7, 11) is 0.